The van der Waals surface area contributed by atoms with E-state index in [0.717, 1.165) is 24.3 Å². The van der Waals surface area contributed by atoms with E-state index in [9.17, 15) is 4.79 Å². The van der Waals surface area contributed by atoms with E-state index in [1.165, 1.54) is 37.0 Å². The van der Waals surface area contributed by atoms with Crippen LogP contribution in [0.2, 0.25) is 5.02 Å². The largest absolute Gasteiger partial charge is 0.301 e. The lowest BCUT2D eigenvalue weighted by Gasteiger charge is -2.18. The highest BCUT2D eigenvalue weighted by Gasteiger charge is 2.14. The fraction of sp³-hybridized carbons (Fsp3) is 0.412. The number of nitrogens with zero attached hydrogens (tertiary/aromatic N) is 2. The minimum atomic E-state index is 0.0175. The molecule has 1 aromatic heterocycles. The maximum atomic E-state index is 12.2. The van der Waals surface area contributed by atoms with Crippen molar-refractivity contribution >= 4 is 34.0 Å². The monoisotopic (exact) mass is 349 g/mol. The molecule has 1 aliphatic heterocycles. The van der Waals surface area contributed by atoms with Crippen LogP contribution >= 0.6 is 22.9 Å². The Balaban J connectivity index is 1.57. The number of rotatable bonds is 4. The van der Waals surface area contributed by atoms with Crippen molar-refractivity contribution in [2.45, 2.75) is 25.7 Å². The summed E-state index contributed by atoms with van der Waals surface area (Å²) in [5.41, 5.74) is 1.86. The highest BCUT2D eigenvalue weighted by Crippen LogP contribution is 2.26. The molecule has 0 spiro atoms. The lowest BCUT2D eigenvalue weighted by atomic mass is 10.2. The van der Waals surface area contributed by atoms with Gasteiger partial charge < -0.3 is 5.32 Å². The van der Waals surface area contributed by atoms with E-state index in [2.05, 4.69) is 15.2 Å². The summed E-state index contributed by atoms with van der Waals surface area (Å²) in [7, 11) is 0. The van der Waals surface area contributed by atoms with Crippen molar-refractivity contribution in [1.82, 2.24) is 9.88 Å². The molecule has 2 heterocycles. The molecule has 0 unspecified atom stereocenters. The fourth-order valence-electron chi connectivity index (χ4n) is 2.74. The third-order valence-corrected chi connectivity index (χ3v) is 4.97. The zero-order valence-corrected chi connectivity index (χ0v) is 14.5. The van der Waals surface area contributed by atoms with Crippen LogP contribution in [0, 0.1) is 0 Å². The molecular formula is C17H20ClN3OS. The van der Waals surface area contributed by atoms with Crippen molar-refractivity contribution in [3.63, 3.8) is 0 Å². The number of carbonyl (C=O) groups excluding carboxylic acids is 1. The van der Waals surface area contributed by atoms with Gasteiger partial charge in [-0.25, -0.2) is 4.98 Å². The molecule has 4 nitrogen and oxygen atoms in total. The minimum absolute atomic E-state index is 0.0175. The number of aromatic nitrogens is 1. The first-order chi connectivity index (χ1) is 11.2. The first-order valence-electron chi connectivity index (χ1n) is 7.94. The molecule has 1 amide bonds. The molecule has 1 fully saturated rings. The maximum absolute atomic E-state index is 12.2. The molecule has 1 aromatic carbocycles. The Hall–Kier alpha value is -1.43. The van der Waals surface area contributed by atoms with E-state index < -0.39 is 0 Å². The standard InChI is InChI=1S/C17H20ClN3OS/c18-14-7-5-13(6-8-14)15-12-23-17(19-15)20-16(22)11-21-9-3-1-2-4-10-21/h5-8,12H,1-4,9-11H2,(H,19,20,22). The molecule has 0 aliphatic carbocycles. The summed E-state index contributed by atoms with van der Waals surface area (Å²) in [6.07, 6.45) is 4.92. The summed E-state index contributed by atoms with van der Waals surface area (Å²) in [6, 6.07) is 7.54. The summed E-state index contributed by atoms with van der Waals surface area (Å²) >= 11 is 7.35. The van der Waals surface area contributed by atoms with Gasteiger partial charge in [0, 0.05) is 16.0 Å². The Kier molecular flexibility index (Phi) is 5.65. The van der Waals surface area contributed by atoms with E-state index in [1.807, 2.05) is 29.6 Å². The Morgan fingerprint density at radius 1 is 1.17 bits per heavy atom. The number of hydrogen-bond acceptors (Lipinski definition) is 4. The number of halogens is 1. The quantitative estimate of drug-likeness (QED) is 0.896. The Morgan fingerprint density at radius 2 is 1.87 bits per heavy atom. The van der Waals surface area contributed by atoms with Crippen molar-refractivity contribution in [3.05, 3.63) is 34.7 Å². The fourth-order valence-corrected chi connectivity index (χ4v) is 3.60. The zero-order chi connectivity index (χ0) is 16.1. The van der Waals surface area contributed by atoms with Gasteiger partial charge in [0.1, 0.15) is 0 Å². The Labute approximate surface area is 145 Å². The number of hydrogen-bond donors (Lipinski definition) is 1. The Bertz CT molecular complexity index is 648. The molecular weight excluding hydrogens is 330 g/mol. The maximum Gasteiger partial charge on any atom is 0.240 e. The summed E-state index contributed by atoms with van der Waals surface area (Å²) in [4.78, 5) is 18.9. The number of nitrogens with one attached hydrogen (secondary N) is 1. The second-order valence-electron chi connectivity index (χ2n) is 5.78. The molecule has 0 bridgehead atoms. The molecule has 1 N–H and O–H groups in total. The highest BCUT2D eigenvalue weighted by molar-refractivity contribution is 7.14. The van der Waals surface area contributed by atoms with Crippen LogP contribution in [0.4, 0.5) is 5.13 Å². The second kappa shape index (κ2) is 7.90. The molecule has 122 valence electrons. The summed E-state index contributed by atoms with van der Waals surface area (Å²) < 4.78 is 0. The average molecular weight is 350 g/mol. The molecule has 1 aliphatic rings. The lowest BCUT2D eigenvalue weighted by Crippen LogP contribution is -2.33. The van der Waals surface area contributed by atoms with Gasteiger partial charge in [-0.05, 0) is 38.1 Å². The first-order valence-corrected chi connectivity index (χ1v) is 9.20. The number of carbonyl (C=O) groups is 1. The van der Waals surface area contributed by atoms with E-state index in [0.29, 0.717) is 16.7 Å². The smallest absolute Gasteiger partial charge is 0.240 e. The van der Waals surface area contributed by atoms with Crippen LogP contribution in [-0.2, 0) is 4.79 Å². The number of thiazole rings is 1. The molecule has 2 aromatic rings. The van der Waals surface area contributed by atoms with Crippen molar-refractivity contribution in [2.24, 2.45) is 0 Å². The van der Waals surface area contributed by atoms with E-state index in [1.54, 1.807) is 0 Å². The van der Waals surface area contributed by atoms with Gasteiger partial charge in [0.05, 0.1) is 12.2 Å². The average Bonchev–Trinajstić information content (AvgIpc) is 2.84. The molecule has 6 heteroatoms. The van der Waals surface area contributed by atoms with Crippen molar-refractivity contribution in [1.29, 1.82) is 0 Å². The van der Waals surface area contributed by atoms with Gasteiger partial charge in [0.2, 0.25) is 5.91 Å². The van der Waals surface area contributed by atoms with Gasteiger partial charge in [-0.2, -0.15) is 0 Å². The van der Waals surface area contributed by atoms with Gasteiger partial charge in [-0.15, -0.1) is 11.3 Å². The molecule has 23 heavy (non-hydrogen) atoms. The number of likely N-dealkylation sites (tertiary alicyclic amines) is 1. The van der Waals surface area contributed by atoms with Crippen LogP contribution in [0.25, 0.3) is 11.3 Å². The van der Waals surface area contributed by atoms with Crippen LogP contribution in [0.15, 0.2) is 29.6 Å². The highest BCUT2D eigenvalue weighted by atomic mass is 35.5. The number of anilines is 1. The third-order valence-electron chi connectivity index (χ3n) is 3.96. The lowest BCUT2D eigenvalue weighted by molar-refractivity contribution is -0.117. The predicted octanol–water partition coefficient (Wildman–Crippen LogP) is 4.28. The van der Waals surface area contributed by atoms with E-state index in [-0.39, 0.29) is 5.91 Å². The van der Waals surface area contributed by atoms with Gasteiger partial charge >= 0.3 is 0 Å². The van der Waals surface area contributed by atoms with Crippen LogP contribution < -0.4 is 5.32 Å². The van der Waals surface area contributed by atoms with Crippen LogP contribution in [0.3, 0.4) is 0 Å². The molecule has 0 saturated carbocycles. The van der Waals surface area contributed by atoms with Crippen molar-refractivity contribution < 1.29 is 4.79 Å². The van der Waals surface area contributed by atoms with Crippen molar-refractivity contribution in [2.75, 3.05) is 25.0 Å². The van der Waals surface area contributed by atoms with Crippen LogP contribution in [0.1, 0.15) is 25.7 Å². The number of benzene rings is 1. The Morgan fingerprint density at radius 3 is 2.57 bits per heavy atom. The van der Waals surface area contributed by atoms with E-state index in [4.69, 9.17) is 11.6 Å². The third kappa shape index (κ3) is 4.77. The minimum Gasteiger partial charge on any atom is -0.301 e. The summed E-state index contributed by atoms with van der Waals surface area (Å²) in [6.45, 7) is 2.48. The molecule has 0 atom stereocenters. The van der Waals surface area contributed by atoms with Crippen LogP contribution in [0.5, 0.6) is 0 Å². The molecule has 1 saturated heterocycles. The zero-order valence-electron chi connectivity index (χ0n) is 12.9. The normalized spacial score (nSPS) is 16.0. The van der Waals surface area contributed by atoms with E-state index >= 15 is 0 Å². The SMILES string of the molecule is O=C(CN1CCCCCC1)Nc1nc(-c2ccc(Cl)cc2)cs1. The number of amides is 1. The second-order valence-corrected chi connectivity index (χ2v) is 7.08. The van der Waals surface area contributed by atoms with Crippen molar-refractivity contribution in [3.8, 4) is 11.3 Å². The first kappa shape index (κ1) is 16.4. The van der Waals surface area contributed by atoms with Gasteiger partial charge in [0.25, 0.3) is 0 Å². The van der Waals surface area contributed by atoms with Gasteiger partial charge in [-0.1, -0.05) is 36.6 Å². The summed E-state index contributed by atoms with van der Waals surface area (Å²) in [5.74, 6) is 0.0175. The summed E-state index contributed by atoms with van der Waals surface area (Å²) in [5, 5.41) is 6.21. The molecule has 0 radical (unpaired) electrons. The van der Waals surface area contributed by atoms with Crippen LogP contribution in [-0.4, -0.2) is 35.4 Å². The predicted molar refractivity (Wildman–Crippen MR) is 96.1 cm³/mol. The van der Waals surface area contributed by atoms with Gasteiger partial charge in [-0.3, -0.25) is 9.69 Å². The van der Waals surface area contributed by atoms with Gasteiger partial charge in [0.15, 0.2) is 5.13 Å². The molecule has 3 rings (SSSR count). The topological polar surface area (TPSA) is 45.2 Å².